The van der Waals surface area contributed by atoms with Gasteiger partial charge < -0.3 is 9.80 Å². The molecule has 122 valence electrons. The van der Waals surface area contributed by atoms with Gasteiger partial charge >= 0.3 is 0 Å². The van der Waals surface area contributed by atoms with E-state index in [1.165, 1.54) is 0 Å². The number of benzene rings is 1. The molecule has 0 spiro atoms. The maximum absolute atomic E-state index is 6.23. The quantitative estimate of drug-likeness (QED) is 0.699. The van der Waals surface area contributed by atoms with Crippen molar-refractivity contribution in [3.05, 3.63) is 47.0 Å². The number of halogens is 2. The Kier molecular flexibility index (Phi) is 4.08. The van der Waals surface area contributed by atoms with E-state index in [2.05, 4.69) is 30.0 Å². The molecule has 6 nitrogen and oxygen atoms in total. The van der Waals surface area contributed by atoms with Crippen LogP contribution < -0.4 is 9.80 Å². The summed E-state index contributed by atoms with van der Waals surface area (Å²) in [6, 6.07) is 5.80. The van der Waals surface area contributed by atoms with Crippen LogP contribution in [0.5, 0.6) is 0 Å². The topological polar surface area (TPSA) is 58.0 Å². The summed E-state index contributed by atoms with van der Waals surface area (Å²) in [5.74, 6) is 0.808. The average molecular weight is 361 g/mol. The van der Waals surface area contributed by atoms with Crippen LogP contribution in [-0.2, 0) is 0 Å². The highest BCUT2D eigenvalue weighted by atomic mass is 35.5. The molecule has 0 atom stereocenters. The van der Waals surface area contributed by atoms with Crippen molar-refractivity contribution in [1.82, 2.24) is 20.2 Å². The van der Waals surface area contributed by atoms with Crippen molar-refractivity contribution in [3.8, 4) is 0 Å². The van der Waals surface area contributed by atoms with Crippen molar-refractivity contribution in [2.24, 2.45) is 0 Å². The third-order valence-electron chi connectivity index (χ3n) is 4.14. The molecule has 0 radical (unpaired) electrons. The first-order chi connectivity index (χ1) is 11.7. The maximum Gasteiger partial charge on any atom is 0.149 e. The second-order valence-corrected chi connectivity index (χ2v) is 6.33. The van der Waals surface area contributed by atoms with Gasteiger partial charge in [0.15, 0.2) is 0 Å². The van der Waals surface area contributed by atoms with Crippen LogP contribution in [0.3, 0.4) is 0 Å². The van der Waals surface area contributed by atoms with E-state index in [0.29, 0.717) is 10.2 Å². The van der Waals surface area contributed by atoms with Crippen LogP contribution in [-0.4, -0.2) is 46.3 Å². The van der Waals surface area contributed by atoms with Gasteiger partial charge in [0, 0.05) is 31.6 Å². The van der Waals surface area contributed by atoms with Crippen LogP contribution in [0.15, 0.2) is 36.8 Å². The minimum atomic E-state index is 0.411. The van der Waals surface area contributed by atoms with E-state index in [0.717, 1.165) is 48.6 Å². The molecular formula is C16H14Cl2N6. The molecular weight excluding hydrogens is 347 g/mol. The molecule has 0 amide bonds. The Bertz CT molecular complexity index is 879. The van der Waals surface area contributed by atoms with Crippen LogP contribution in [0, 0.1) is 0 Å². The number of nitrogens with zero attached hydrogens (tertiary/aromatic N) is 6. The number of piperazine rings is 1. The summed E-state index contributed by atoms with van der Waals surface area (Å²) in [7, 11) is 0. The minimum absolute atomic E-state index is 0.411. The molecule has 3 aromatic rings. The lowest BCUT2D eigenvalue weighted by Gasteiger charge is -2.36. The zero-order chi connectivity index (χ0) is 16.5. The van der Waals surface area contributed by atoms with Crippen LogP contribution in [0.4, 0.5) is 11.5 Å². The van der Waals surface area contributed by atoms with E-state index in [1.54, 1.807) is 18.6 Å². The summed E-state index contributed by atoms with van der Waals surface area (Å²) in [5.41, 5.74) is 1.79. The number of anilines is 2. The van der Waals surface area contributed by atoms with Gasteiger partial charge in [-0.05, 0) is 6.07 Å². The molecule has 1 aliphatic rings. The third kappa shape index (κ3) is 2.83. The molecule has 1 saturated heterocycles. The molecule has 24 heavy (non-hydrogen) atoms. The molecule has 0 bridgehead atoms. The molecule has 1 aromatic carbocycles. The fraction of sp³-hybridized carbons (Fsp3) is 0.250. The van der Waals surface area contributed by atoms with Gasteiger partial charge in [-0.15, -0.1) is 5.10 Å². The van der Waals surface area contributed by atoms with Crippen molar-refractivity contribution >= 4 is 45.6 Å². The number of hydrogen-bond acceptors (Lipinski definition) is 6. The third-order valence-corrected chi connectivity index (χ3v) is 4.62. The highest BCUT2D eigenvalue weighted by Gasteiger charge is 2.21. The molecule has 0 saturated carbocycles. The van der Waals surface area contributed by atoms with Crippen LogP contribution in [0.2, 0.25) is 10.2 Å². The molecule has 4 rings (SSSR count). The number of aromatic nitrogens is 4. The lowest BCUT2D eigenvalue weighted by Crippen LogP contribution is -2.47. The molecule has 1 aliphatic heterocycles. The van der Waals surface area contributed by atoms with Crippen molar-refractivity contribution in [2.45, 2.75) is 0 Å². The fourth-order valence-electron chi connectivity index (χ4n) is 2.95. The summed E-state index contributed by atoms with van der Waals surface area (Å²) in [6.45, 7) is 3.36. The molecule has 0 unspecified atom stereocenters. The van der Waals surface area contributed by atoms with Gasteiger partial charge in [-0.1, -0.05) is 35.3 Å². The van der Waals surface area contributed by atoms with Gasteiger partial charge in [0.2, 0.25) is 0 Å². The normalized spacial score (nSPS) is 15.1. The first kappa shape index (κ1) is 15.4. The average Bonchev–Trinajstić information content (AvgIpc) is 2.62. The molecule has 8 heteroatoms. The summed E-state index contributed by atoms with van der Waals surface area (Å²) < 4.78 is 0. The molecule has 0 N–H and O–H groups in total. The lowest BCUT2D eigenvalue weighted by molar-refractivity contribution is 0.646. The predicted octanol–water partition coefficient (Wildman–Crippen LogP) is 3.05. The molecule has 3 heterocycles. The monoisotopic (exact) mass is 360 g/mol. The predicted molar refractivity (Wildman–Crippen MR) is 96.0 cm³/mol. The second kappa shape index (κ2) is 6.37. The van der Waals surface area contributed by atoms with E-state index in [-0.39, 0.29) is 0 Å². The minimum Gasteiger partial charge on any atom is -0.366 e. The van der Waals surface area contributed by atoms with E-state index in [1.807, 2.05) is 18.2 Å². The molecule has 0 aliphatic carbocycles. The Morgan fingerprint density at radius 1 is 0.917 bits per heavy atom. The number of hydrogen-bond donors (Lipinski definition) is 0. The van der Waals surface area contributed by atoms with Crippen molar-refractivity contribution in [2.75, 3.05) is 36.0 Å². The number of rotatable bonds is 2. The smallest absolute Gasteiger partial charge is 0.149 e. The fourth-order valence-corrected chi connectivity index (χ4v) is 3.30. The Hall–Kier alpha value is -2.18. The highest BCUT2D eigenvalue weighted by Crippen LogP contribution is 2.29. The SMILES string of the molecule is Clc1cncc(N2CCN(c3cnnc4c(Cl)cccc34)CC2)n1. The summed E-state index contributed by atoms with van der Waals surface area (Å²) in [4.78, 5) is 12.9. The summed E-state index contributed by atoms with van der Waals surface area (Å²) in [5, 5.41) is 10.3. The second-order valence-electron chi connectivity index (χ2n) is 5.54. The standard InChI is InChI=1S/C16H14Cl2N6/c17-12-3-1-2-11-13(8-20-22-16(11)12)23-4-6-24(7-5-23)15-10-19-9-14(18)21-15/h1-3,8-10H,4-7H2. The van der Waals surface area contributed by atoms with Gasteiger partial charge in [0.1, 0.15) is 16.5 Å². The zero-order valence-electron chi connectivity index (χ0n) is 12.7. The highest BCUT2D eigenvalue weighted by molar-refractivity contribution is 6.35. The number of fused-ring (bicyclic) bond motifs is 1. The van der Waals surface area contributed by atoms with Crippen molar-refractivity contribution < 1.29 is 0 Å². The molecule has 1 fully saturated rings. The van der Waals surface area contributed by atoms with E-state index < -0.39 is 0 Å². The first-order valence-corrected chi connectivity index (χ1v) is 8.35. The zero-order valence-corrected chi connectivity index (χ0v) is 14.2. The Morgan fingerprint density at radius 2 is 1.71 bits per heavy atom. The van der Waals surface area contributed by atoms with Gasteiger partial charge in [-0.25, -0.2) is 4.98 Å². The Balaban J connectivity index is 1.57. The van der Waals surface area contributed by atoms with E-state index in [4.69, 9.17) is 23.2 Å². The van der Waals surface area contributed by atoms with Gasteiger partial charge in [0.05, 0.1) is 29.3 Å². The van der Waals surface area contributed by atoms with Crippen molar-refractivity contribution in [1.29, 1.82) is 0 Å². The van der Waals surface area contributed by atoms with Gasteiger partial charge in [0.25, 0.3) is 0 Å². The van der Waals surface area contributed by atoms with Crippen LogP contribution >= 0.6 is 23.2 Å². The van der Waals surface area contributed by atoms with Crippen molar-refractivity contribution in [3.63, 3.8) is 0 Å². The first-order valence-electron chi connectivity index (χ1n) is 7.60. The van der Waals surface area contributed by atoms with Gasteiger partial charge in [-0.3, -0.25) is 4.98 Å². The van der Waals surface area contributed by atoms with Gasteiger partial charge in [-0.2, -0.15) is 5.10 Å². The van der Waals surface area contributed by atoms with E-state index in [9.17, 15) is 0 Å². The largest absolute Gasteiger partial charge is 0.366 e. The van der Waals surface area contributed by atoms with Crippen LogP contribution in [0.1, 0.15) is 0 Å². The Morgan fingerprint density at radius 3 is 2.50 bits per heavy atom. The molecule has 2 aromatic heterocycles. The Labute approximate surface area is 149 Å². The summed E-state index contributed by atoms with van der Waals surface area (Å²) >= 11 is 12.2. The van der Waals surface area contributed by atoms with E-state index >= 15 is 0 Å². The van der Waals surface area contributed by atoms with Crippen LogP contribution in [0.25, 0.3) is 10.9 Å². The maximum atomic E-state index is 6.23. The summed E-state index contributed by atoms with van der Waals surface area (Å²) in [6.07, 6.45) is 5.08. The lowest BCUT2D eigenvalue weighted by atomic mass is 10.1.